The van der Waals surface area contributed by atoms with Gasteiger partial charge in [0.05, 0.1) is 11.1 Å². The molecular formula is C18H18FN3O4S. The molecule has 2 saturated heterocycles. The number of carbonyl (C=O) groups excluding carboxylic acids is 4. The molecule has 7 nitrogen and oxygen atoms in total. The lowest BCUT2D eigenvalue weighted by Gasteiger charge is -2.28. The number of amides is 4. The van der Waals surface area contributed by atoms with Gasteiger partial charge in [0.1, 0.15) is 11.9 Å². The van der Waals surface area contributed by atoms with Crippen molar-refractivity contribution in [1.29, 1.82) is 0 Å². The lowest BCUT2D eigenvalue weighted by atomic mass is 9.88. The molecule has 3 aliphatic rings. The van der Waals surface area contributed by atoms with Crippen molar-refractivity contribution < 1.29 is 23.6 Å². The largest absolute Gasteiger partial charge is 0.295 e. The first-order valence-corrected chi connectivity index (χ1v) is 9.25. The Kier molecular flexibility index (Phi) is 4.51. The van der Waals surface area contributed by atoms with E-state index < -0.39 is 35.5 Å². The number of piperidine rings is 2. The first-order chi connectivity index (χ1) is 12.9. The summed E-state index contributed by atoms with van der Waals surface area (Å²) in [6.45, 7) is 1.42. The van der Waals surface area contributed by atoms with E-state index in [1.54, 1.807) is 0 Å². The molecule has 0 radical (unpaired) electrons. The molecule has 0 aromatic heterocycles. The number of rotatable bonds is 2. The van der Waals surface area contributed by atoms with Crippen LogP contribution in [0, 0.1) is 5.82 Å². The number of nitrogens with zero attached hydrogens (tertiary/aromatic N) is 2. The van der Waals surface area contributed by atoms with Crippen LogP contribution in [0.25, 0.3) is 0 Å². The Bertz CT molecular complexity index is 866. The van der Waals surface area contributed by atoms with Gasteiger partial charge < -0.3 is 0 Å². The van der Waals surface area contributed by atoms with Crippen molar-refractivity contribution >= 4 is 36.4 Å². The number of imide groups is 2. The number of hydrogen-bond donors (Lipinski definition) is 2. The first kappa shape index (κ1) is 18.1. The van der Waals surface area contributed by atoms with Crippen molar-refractivity contribution in [2.45, 2.75) is 37.6 Å². The lowest BCUT2D eigenvalue weighted by molar-refractivity contribution is -0.136. The fraction of sp³-hybridized carbons (Fsp3) is 0.444. The smallest absolute Gasteiger partial charge is 0.262 e. The second kappa shape index (κ2) is 6.72. The third-order valence-corrected chi connectivity index (χ3v) is 5.87. The van der Waals surface area contributed by atoms with Gasteiger partial charge in [0.2, 0.25) is 11.8 Å². The minimum absolute atomic E-state index is 0.0300. The van der Waals surface area contributed by atoms with Gasteiger partial charge in [-0.05, 0) is 42.9 Å². The van der Waals surface area contributed by atoms with Crippen molar-refractivity contribution in [2.24, 2.45) is 0 Å². The first-order valence-electron chi connectivity index (χ1n) is 8.85. The fourth-order valence-corrected chi connectivity index (χ4v) is 4.23. The molecule has 1 unspecified atom stereocenters. The van der Waals surface area contributed by atoms with E-state index in [0.29, 0.717) is 31.5 Å². The van der Waals surface area contributed by atoms with Crippen molar-refractivity contribution in [1.82, 2.24) is 14.5 Å². The van der Waals surface area contributed by atoms with Gasteiger partial charge in [0.15, 0.2) is 0 Å². The van der Waals surface area contributed by atoms with Crippen LogP contribution in [0.2, 0.25) is 0 Å². The van der Waals surface area contributed by atoms with Crippen molar-refractivity contribution in [3.05, 3.63) is 34.6 Å². The molecule has 1 N–H and O–H groups in total. The number of halogens is 1. The molecule has 4 rings (SSSR count). The van der Waals surface area contributed by atoms with Gasteiger partial charge in [-0.25, -0.2) is 4.39 Å². The maximum absolute atomic E-state index is 14.7. The predicted molar refractivity (Wildman–Crippen MR) is 95.6 cm³/mol. The van der Waals surface area contributed by atoms with Crippen molar-refractivity contribution in [2.75, 3.05) is 13.1 Å². The third kappa shape index (κ3) is 3.04. The van der Waals surface area contributed by atoms with Crippen LogP contribution in [0.4, 0.5) is 4.39 Å². The average molecular weight is 391 g/mol. The maximum atomic E-state index is 14.7. The molecule has 0 saturated carbocycles. The summed E-state index contributed by atoms with van der Waals surface area (Å²) in [7, 11) is 0. The van der Waals surface area contributed by atoms with Gasteiger partial charge >= 0.3 is 0 Å². The average Bonchev–Trinajstić information content (AvgIpc) is 2.86. The van der Waals surface area contributed by atoms with Gasteiger partial charge in [-0.1, -0.05) is 12.8 Å². The van der Waals surface area contributed by atoms with E-state index >= 15 is 0 Å². The standard InChI is InChI=1S/C18H18FN3O4S/c19-13-8-12-11(7-10(13)9-3-5-21(27)6-4-9)17(25)22(18(12)26)14-1-2-15(23)20-16(14)24/h7-9,14,27H,1-6H2,(H,20,23,24). The summed E-state index contributed by atoms with van der Waals surface area (Å²) >= 11 is 4.29. The number of thiol groups is 1. The summed E-state index contributed by atoms with van der Waals surface area (Å²) < 4.78 is 16.5. The Hall–Kier alpha value is -2.26. The Labute approximate surface area is 160 Å². The molecule has 0 bridgehead atoms. The molecule has 0 aliphatic carbocycles. The highest BCUT2D eigenvalue weighted by Crippen LogP contribution is 2.35. The Morgan fingerprint density at radius 2 is 1.63 bits per heavy atom. The second-order valence-electron chi connectivity index (χ2n) is 7.09. The number of hydrogen-bond acceptors (Lipinski definition) is 6. The Morgan fingerprint density at radius 3 is 2.26 bits per heavy atom. The zero-order chi connectivity index (χ0) is 19.3. The van der Waals surface area contributed by atoms with Crippen LogP contribution >= 0.6 is 12.8 Å². The highest BCUT2D eigenvalue weighted by Gasteiger charge is 2.45. The molecule has 4 amide bonds. The zero-order valence-electron chi connectivity index (χ0n) is 14.4. The van der Waals surface area contributed by atoms with E-state index in [0.717, 1.165) is 11.0 Å². The summed E-state index contributed by atoms with van der Waals surface area (Å²) in [5.41, 5.74) is 0.508. The lowest BCUT2D eigenvalue weighted by Crippen LogP contribution is -2.54. The summed E-state index contributed by atoms with van der Waals surface area (Å²) in [6.07, 6.45) is 1.54. The molecule has 27 heavy (non-hydrogen) atoms. The Morgan fingerprint density at radius 1 is 1.00 bits per heavy atom. The van der Waals surface area contributed by atoms with Gasteiger partial charge in [0, 0.05) is 19.5 Å². The highest BCUT2D eigenvalue weighted by molar-refractivity contribution is 7.77. The molecule has 2 fully saturated rings. The zero-order valence-corrected chi connectivity index (χ0v) is 15.3. The third-order valence-electron chi connectivity index (χ3n) is 5.47. The minimum Gasteiger partial charge on any atom is -0.295 e. The molecule has 3 aliphatic heterocycles. The number of fused-ring (bicyclic) bond motifs is 1. The summed E-state index contributed by atoms with van der Waals surface area (Å²) in [6, 6.07) is 1.51. The second-order valence-corrected chi connectivity index (χ2v) is 7.66. The number of nitrogens with one attached hydrogen (secondary N) is 1. The van der Waals surface area contributed by atoms with Gasteiger partial charge in [-0.15, -0.1) is 0 Å². The molecule has 142 valence electrons. The molecule has 3 heterocycles. The molecule has 9 heteroatoms. The normalized spacial score (nSPS) is 24.4. The molecule has 1 atom stereocenters. The van der Waals surface area contributed by atoms with Gasteiger partial charge in [-0.2, -0.15) is 0 Å². The molecule has 0 spiro atoms. The SMILES string of the molecule is O=C1CCC(N2C(=O)c3cc(F)c(C4CCN(S)CC4)cc3C2=O)C(=O)N1. The van der Waals surface area contributed by atoms with E-state index in [4.69, 9.17) is 0 Å². The van der Waals surface area contributed by atoms with Gasteiger partial charge in [0.25, 0.3) is 11.8 Å². The summed E-state index contributed by atoms with van der Waals surface area (Å²) in [5, 5.41) is 2.14. The predicted octanol–water partition coefficient (Wildman–Crippen LogP) is 1.25. The van der Waals surface area contributed by atoms with E-state index in [-0.39, 0.29) is 29.9 Å². The van der Waals surface area contributed by atoms with Crippen LogP contribution in [-0.2, 0) is 9.59 Å². The van der Waals surface area contributed by atoms with Crippen LogP contribution in [-0.4, -0.2) is 52.0 Å². The topological polar surface area (TPSA) is 86.8 Å². The van der Waals surface area contributed by atoms with Crippen molar-refractivity contribution in [3.63, 3.8) is 0 Å². The van der Waals surface area contributed by atoms with E-state index in [1.807, 2.05) is 4.31 Å². The summed E-state index contributed by atoms with van der Waals surface area (Å²) in [5.74, 6) is -2.99. The maximum Gasteiger partial charge on any atom is 0.262 e. The minimum atomic E-state index is -1.05. The van der Waals surface area contributed by atoms with Crippen LogP contribution in [0.5, 0.6) is 0 Å². The number of carbonyl (C=O) groups is 4. The molecular weight excluding hydrogens is 373 g/mol. The summed E-state index contributed by atoms with van der Waals surface area (Å²) in [4.78, 5) is 49.8. The number of benzene rings is 1. The van der Waals surface area contributed by atoms with Crippen LogP contribution < -0.4 is 5.32 Å². The van der Waals surface area contributed by atoms with Crippen LogP contribution in [0.3, 0.4) is 0 Å². The fourth-order valence-electron chi connectivity index (χ4n) is 4.00. The van der Waals surface area contributed by atoms with E-state index in [1.165, 1.54) is 6.07 Å². The molecule has 1 aromatic rings. The monoisotopic (exact) mass is 391 g/mol. The van der Waals surface area contributed by atoms with Crippen molar-refractivity contribution in [3.8, 4) is 0 Å². The van der Waals surface area contributed by atoms with Crippen LogP contribution in [0.15, 0.2) is 12.1 Å². The van der Waals surface area contributed by atoms with Gasteiger partial charge in [-0.3, -0.25) is 33.7 Å². The van der Waals surface area contributed by atoms with E-state index in [9.17, 15) is 23.6 Å². The Balaban J connectivity index is 1.65. The van der Waals surface area contributed by atoms with Crippen LogP contribution in [0.1, 0.15) is 57.9 Å². The van der Waals surface area contributed by atoms with E-state index in [2.05, 4.69) is 18.1 Å². The quantitative estimate of drug-likeness (QED) is 0.585. The highest BCUT2D eigenvalue weighted by atomic mass is 32.1. The molecule has 1 aromatic carbocycles.